The Labute approximate surface area is 141 Å². The molecule has 4 heteroatoms. The molecule has 23 heavy (non-hydrogen) atoms. The van der Waals surface area contributed by atoms with Gasteiger partial charge in [-0.25, -0.2) is 0 Å². The summed E-state index contributed by atoms with van der Waals surface area (Å²) < 4.78 is 0. The van der Waals surface area contributed by atoms with Gasteiger partial charge < -0.3 is 9.80 Å². The molecule has 0 unspecified atom stereocenters. The third-order valence-corrected chi connectivity index (χ3v) is 6.00. The first-order valence-corrected chi connectivity index (χ1v) is 9.15. The van der Waals surface area contributed by atoms with Crippen LogP contribution in [0.15, 0.2) is 35.7 Å². The Morgan fingerprint density at radius 2 is 2.22 bits per heavy atom. The van der Waals surface area contributed by atoms with Crippen LogP contribution >= 0.6 is 11.3 Å². The van der Waals surface area contributed by atoms with Gasteiger partial charge in [-0.15, -0.1) is 11.3 Å². The van der Waals surface area contributed by atoms with Crippen molar-refractivity contribution < 1.29 is 4.79 Å². The number of benzene rings is 1. The Kier molecular flexibility index (Phi) is 3.74. The number of hydrogen-bond donors (Lipinski definition) is 0. The molecule has 1 fully saturated rings. The highest BCUT2D eigenvalue weighted by atomic mass is 32.1. The molecule has 1 saturated heterocycles. The minimum atomic E-state index is 0.245. The maximum Gasteiger partial charge on any atom is 0.232 e. The van der Waals surface area contributed by atoms with Crippen molar-refractivity contribution in [2.75, 3.05) is 25.0 Å². The summed E-state index contributed by atoms with van der Waals surface area (Å²) in [6, 6.07) is 11.0. The summed E-state index contributed by atoms with van der Waals surface area (Å²) in [5.74, 6) is 0.700. The van der Waals surface area contributed by atoms with E-state index in [0.29, 0.717) is 18.4 Å². The number of aryl methyl sites for hydroxylation is 1. The van der Waals surface area contributed by atoms with Crippen LogP contribution in [0, 0.1) is 6.92 Å². The fourth-order valence-corrected chi connectivity index (χ4v) is 4.75. The Hall–Kier alpha value is -1.65. The van der Waals surface area contributed by atoms with Gasteiger partial charge in [-0.2, -0.15) is 0 Å². The number of hydrogen-bond acceptors (Lipinski definition) is 3. The van der Waals surface area contributed by atoms with Crippen LogP contribution in [0.2, 0.25) is 0 Å². The molecule has 120 valence electrons. The van der Waals surface area contributed by atoms with E-state index in [1.807, 2.05) is 11.4 Å². The van der Waals surface area contributed by atoms with Crippen LogP contribution in [0.3, 0.4) is 0 Å². The minimum absolute atomic E-state index is 0.245. The first-order chi connectivity index (χ1) is 11.1. The lowest BCUT2D eigenvalue weighted by Crippen LogP contribution is -2.47. The summed E-state index contributed by atoms with van der Waals surface area (Å²) >= 11 is 1.67. The van der Waals surface area contributed by atoms with Crippen molar-refractivity contribution in [3.63, 3.8) is 0 Å². The highest BCUT2D eigenvalue weighted by Gasteiger charge is 2.43. The number of thiophene rings is 1. The summed E-state index contributed by atoms with van der Waals surface area (Å²) in [5.41, 5.74) is 3.78. The third kappa shape index (κ3) is 2.60. The fourth-order valence-electron chi connectivity index (χ4n) is 4.05. The monoisotopic (exact) mass is 326 g/mol. The van der Waals surface area contributed by atoms with Gasteiger partial charge in [0.15, 0.2) is 0 Å². The van der Waals surface area contributed by atoms with Crippen molar-refractivity contribution in [1.82, 2.24) is 4.90 Å². The van der Waals surface area contributed by atoms with Crippen LogP contribution in [0.25, 0.3) is 0 Å². The van der Waals surface area contributed by atoms with Gasteiger partial charge in [0.05, 0.1) is 6.42 Å². The first kappa shape index (κ1) is 14.9. The topological polar surface area (TPSA) is 23.6 Å². The number of carbonyl (C=O) groups is 1. The molecule has 3 nitrogen and oxygen atoms in total. The molecule has 1 amide bonds. The van der Waals surface area contributed by atoms with Crippen molar-refractivity contribution >= 4 is 22.9 Å². The normalized spacial score (nSPS) is 23.7. The predicted molar refractivity (Wildman–Crippen MR) is 95.3 cm³/mol. The Morgan fingerprint density at radius 1 is 1.35 bits per heavy atom. The lowest BCUT2D eigenvalue weighted by Gasteiger charge is -2.36. The average Bonchev–Trinajstić information content (AvgIpc) is 3.13. The van der Waals surface area contributed by atoms with E-state index >= 15 is 0 Å². The van der Waals surface area contributed by atoms with Gasteiger partial charge in [0.2, 0.25) is 5.91 Å². The maximum absolute atomic E-state index is 13.0. The minimum Gasteiger partial charge on any atom is -0.308 e. The molecule has 0 spiro atoms. The summed E-state index contributed by atoms with van der Waals surface area (Å²) in [4.78, 5) is 18.7. The fraction of sp³-hybridized carbons (Fsp3) is 0.421. The Balaban J connectivity index is 1.70. The molecule has 0 bridgehead atoms. The number of likely N-dealkylation sites (N-methyl/N-ethyl adjacent to an activating group) is 1. The predicted octanol–water partition coefficient (Wildman–Crippen LogP) is 3.43. The van der Waals surface area contributed by atoms with E-state index in [1.165, 1.54) is 11.1 Å². The number of piperidine rings is 1. The number of nitrogens with zero attached hydrogens (tertiary/aromatic N) is 2. The van der Waals surface area contributed by atoms with E-state index in [1.54, 1.807) is 11.3 Å². The third-order valence-electron chi connectivity index (χ3n) is 5.13. The van der Waals surface area contributed by atoms with Gasteiger partial charge in [-0.05, 0) is 50.0 Å². The zero-order valence-corrected chi connectivity index (χ0v) is 14.5. The molecule has 4 rings (SSSR count). The van der Waals surface area contributed by atoms with Gasteiger partial charge in [0, 0.05) is 29.1 Å². The van der Waals surface area contributed by atoms with Crippen molar-refractivity contribution in [3.8, 4) is 0 Å². The number of likely N-dealkylation sites (tertiary alicyclic amines) is 1. The van der Waals surface area contributed by atoms with Crippen LogP contribution < -0.4 is 4.90 Å². The van der Waals surface area contributed by atoms with Gasteiger partial charge in [0.25, 0.3) is 0 Å². The standard InChI is InChI=1S/C19H22N2OS/c1-13-5-6-17-15(10-13)16-12-20(2)8-7-18(16)21(17)19(22)11-14-4-3-9-23-14/h3-6,9-10,16,18H,7-8,11-12H2,1-2H3/t16-,18+/m0/s1. The number of carbonyl (C=O) groups excluding carboxylic acids is 1. The lowest BCUT2D eigenvalue weighted by atomic mass is 9.89. The zero-order valence-electron chi connectivity index (χ0n) is 13.7. The second kappa shape index (κ2) is 5.77. The van der Waals surface area contributed by atoms with Crippen molar-refractivity contribution in [1.29, 1.82) is 0 Å². The van der Waals surface area contributed by atoms with E-state index in [9.17, 15) is 4.79 Å². The molecule has 2 aliphatic rings. The van der Waals surface area contributed by atoms with Crippen molar-refractivity contribution in [2.24, 2.45) is 0 Å². The van der Waals surface area contributed by atoms with Crippen LogP contribution in [0.4, 0.5) is 5.69 Å². The molecule has 0 aliphatic carbocycles. The van der Waals surface area contributed by atoms with E-state index < -0.39 is 0 Å². The summed E-state index contributed by atoms with van der Waals surface area (Å²) in [6.45, 7) is 4.25. The van der Waals surface area contributed by atoms with Crippen molar-refractivity contribution in [3.05, 3.63) is 51.7 Å². The molecule has 0 saturated carbocycles. The molecule has 2 aromatic rings. The summed E-state index contributed by atoms with van der Waals surface area (Å²) in [5, 5.41) is 2.04. The quantitative estimate of drug-likeness (QED) is 0.844. The van der Waals surface area contributed by atoms with Gasteiger partial charge in [-0.1, -0.05) is 23.8 Å². The van der Waals surface area contributed by atoms with E-state index in [2.05, 4.69) is 48.0 Å². The van der Waals surface area contributed by atoms with Gasteiger partial charge in [0.1, 0.15) is 0 Å². The lowest BCUT2D eigenvalue weighted by molar-refractivity contribution is -0.118. The molecule has 3 heterocycles. The van der Waals surface area contributed by atoms with Crippen LogP contribution in [-0.2, 0) is 11.2 Å². The molecular formula is C19H22N2OS. The largest absolute Gasteiger partial charge is 0.308 e. The highest BCUT2D eigenvalue weighted by molar-refractivity contribution is 7.10. The molecule has 2 atom stereocenters. The zero-order chi connectivity index (χ0) is 16.0. The second-order valence-corrected chi connectivity index (χ2v) is 7.84. The van der Waals surface area contributed by atoms with Crippen LogP contribution in [0.5, 0.6) is 0 Å². The number of amides is 1. The van der Waals surface area contributed by atoms with Gasteiger partial charge >= 0.3 is 0 Å². The van der Waals surface area contributed by atoms with Crippen LogP contribution in [-0.4, -0.2) is 37.0 Å². The second-order valence-electron chi connectivity index (χ2n) is 6.81. The van der Waals surface area contributed by atoms with E-state index in [-0.39, 0.29) is 5.91 Å². The smallest absolute Gasteiger partial charge is 0.232 e. The summed E-state index contributed by atoms with van der Waals surface area (Å²) in [7, 11) is 2.18. The Bertz CT molecular complexity index is 725. The maximum atomic E-state index is 13.0. The molecule has 1 aromatic carbocycles. The van der Waals surface area contributed by atoms with E-state index in [4.69, 9.17) is 0 Å². The number of rotatable bonds is 2. The summed E-state index contributed by atoms with van der Waals surface area (Å²) in [6.07, 6.45) is 1.58. The van der Waals surface area contributed by atoms with Crippen molar-refractivity contribution in [2.45, 2.75) is 31.7 Å². The number of fused-ring (bicyclic) bond motifs is 3. The SMILES string of the molecule is Cc1ccc2c(c1)[C@@H]1CN(C)CC[C@H]1N2C(=O)Cc1cccs1. The Morgan fingerprint density at radius 3 is 3.00 bits per heavy atom. The highest BCUT2D eigenvalue weighted by Crippen LogP contribution is 2.45. The molecule has 0 N–H and O–H groups in total. The molecular weight excluding hydrogens is 304 g/mol. The number of anilines is 1. The molecule has 2 aliphatic heterocycles. The van der Waals surface area contributed by atoms with Gasteiger partial charge in [-0.3, -0.25) is 4.79 Å². The first-order valence-electron chi connectivity index (χ1n) is 8.27. The molecule has 1 aromatic heterocycles. The van der Waals surface area contributed by atoms with Crippen LogP contribution in [0.1, 0.15) is 28.3 Å². The van der Waals surface area contributed by atoms with E-state index in [0.717, 1.165) is 30.1 Å². The average molecular weight is 326 g/mol. The molecule has 0 radical (unpaired) electrons.